The molecule has 10 nitrogen and oxygen atoms in total. The molecular weight excluding hydrogens is 483 g/mol. The van der Waals surface area contributed by atoms with Gasteiger partial charge in [0.05, 0.1) is 5.39 Å². The van der Waals surface area contributed by atoms with Crippen LogP contribution in [-0.4, -0.2) is 60.9 Å². The van der Waals surface area contributed by atoms with Crippen LogP contribution in [0.15, 0.2) is 29.2 Å². The zero-order valence-electron chi connectivity index (χ0n) is 21.3. The van der Waals surface area contributed by atoms with Gasteiger partial charge in [0.2, 0.25) is 5.43 Å². The van der Waals surface area contributed by atoms with Gasteiger partial charge in [-0.2, -0.15) is 0 Å². The SMILES string of the molecule is CN1COc2c(N3CC4C=CCC(CNC(=O)OC(C)(C)C)C4C3)c(F)cc3c(=O)c(C(=O)O)cn1c23. The van der Waals surface area contributed by atoms with Crippen molar-refractivity contribution in [3.05, 3.63) is 46.0 Å². The van der Waals surface area contributed by atoms with Crippen LogP contribution in [0.5, 0.6) is 5.75 Å². The average molecular weight is 515 g/mol. The minimum absolute atomic E-state index is 0.0429. The first-order valence-corrected chi connectivity index (χ1v) is 12.3. The number of carbonyl (C=O) groups excluding carboxylic acids is 1. The summed E-state index contributed by atoms with van der Waals surface area (Å²) < 4.78 is 28.5. The highest BCUT2D eigenvalue weighted by atomic mass is 19.1. The molecule has 3 aliphatic rings. The molecule has 0 spiro atoms. The number of nitrogens with zero attached hydrogens (tertiary/aromatic N) is 3. The summed E-state index contributed by atoms with van der Waals surface area (Å²) in [5, 5.41) is 13.9. The normalized spacial score (nSPS) is 22.6. The summed E-state index contributed by atoms with van der Waals surface area (Å²) >= 11 is 0. The molecule has 2 N–H and O–H groups in total. The zero-order chi connectivity index (χ0) is 26.6. The van der Waals surface area contributed by atoms with E-state index in [1.54, 1.807) is 16.7 Å². The molecule has 5 rings (SSSR count). The van der Waals surface area contributed by atoms with Crippen molar-refractivity contribution in [1.82, 2.24) is 9.99 Å². The van der Waals surface area contributed by atoms with E-state index < -0.39 is 34.5 Å². The number of allylic oxidation sites excluding steroid dienone is 1. The molecule has 37 heavy (non-hydrogen) atoms. The van der Waals surface area contributed by atoms with Crippen LogP contribution in [-0.2, 0) is 4.74 Å². The predicted octanol–water partition coefficient (Wildman–Crippen LogP) is 2.91. The molecule has 2 aromatic rings. The lowest BCUT2D eigenvalue weighted by molar-refractivity contribution is 0.0511. The molecule has 0 bridgehead atoms. The molecule has 0 saturated carbocycles. The van der Waals surface area contributed by atoms with Gasteiger partial charge < -0.3 is 24.8 Å². The topological polar surface area (TPSA) is 113 Å². The number of pyridine rings is 1. The van der Waals surface area contributed by atoms with E-state index >= 15 is 4.39 Å². The van der Waals surface area contributed by atoms with Crippen molar-refractivity contribution in [2.75, 3.05) is 43.3 Å². The Labute approximate surface area is 213 Å². The molecule has 0 radical (unpaired) electrons. The van der Waals surface area contributed by atoms with Crippen LogP contribution < -0.4 is 25.4 Å². The first-order valence-electron chi connectivity index (χ1n) is 12.3. The fourth-order valence-electron chi connectivity index (χ4n) is 5.58. The number of alkyl carbamates (subject to hydrolysis) is 1. The fraction of sp³-hybridized carbons (Fsp3) is 0.500. The summed E-state index contributed by atoms with van der Waals surface area (Å²) in [6.07, 6.45) is 5.82. The zero-order valence-corrected chi connectivity index (χ0v) is 21.3. The lowest BCUT2D eigenvalue weighted by Gasteiger charge is -2.33. The Bertz CT molecular complexity index is 1360. The molecular formula is C26H31FN4O6. The molecule has 1 aromatic carbocycles. The summed E-state index contributed by atoms with van der Waals surface area (Å²) in [6.45, 7) is 7.04. The second-order valence-electron chi connectivity index (χ2n) is 10.9. The van der Waals surface area contributed by atoms with Crippen LogP contribution in [0.4, 0.5) is 14.9 Å². The highest BCUT2D eigenvalue weighted by molar-refractivity contribution is 5.97. The molecule has 2 aliphatic heterocycles. The number of fused-ring (bicyclic) bond motifs is 1. The number of benzene rings is 1. The third-order valence-corrected chi connectivity index (χ3v) is 7.21. The second kappa shape index (κ2) is 8.97. The van der Waals surface area contributed by atoms with Gasteiger partial charge in [-0.1, -0.05) is 12.2 Å². The molecule has 3 unspecified atom stereocenters. The van der Waals surface area contributed by atoms with Crippen LogP contribution in [0.2, 0.25) is 0 Å². The standard InChI is InChI=1S/C26H31FN4O6/c1-26(2,3)37-25(35)28-9-14-6-5-7-15-10-30(11-17(14)15)21-19(27)8-16-20-23(21)36-13-29(4)31(20)12-18(22(16)32)24(33)34/h5,7-8,12,14-15,17H,6,9-11,13H2,1-4H3,(H,28,35)(H,33,34). The van der Waals surface area contributed by atoms with Gasteiger partial charge in [0.1, 0.15) is 22.4 Å². The highest BCUT2D eigenvalue weighted by Crippen LogP contribution is 2.45. The monoisotopic (exact) mass is 514 g/mol. The van der Waals surface area contributed by atoms with E-state index in [0.29, 0.717) is 25.2 Å². The number of aromatic nitrogens is 1. The average Bonchev–Trinajstić information content (AvgIpc) is 3.24. The van der Waals surface area contributed by atoms with Crippen LogP contribution in [0, 0.1) is 23.6 Å². The van der Waals surface area contributed by atoms with Crippen molar-refractivity contribution in [3.8, 4) is 5.75 Å². The molecule has 1 aromatic heterocycles. The van der Waals surface area contributed by atoms with E-state index in [-0.39, 0.29) is 41.3 Å². The van der Waals surface area contributed by atoms with Gasteiger partial charge in [0, 0.05) is 32.9 Å². The van der Waals surface area contributed by atoms with Gasteiger partial charge in [-0.25, -0.2) is 14.0 Å². The van der Waals surface area contributed by atoms with Crippen LogP contribution in [0.3, 0.4) is 0 Å². The van der Waals surface area contributed by atoms with Crippen molar-refractivity contribution in [2.45, 2.75) is 32.8 Å². The number of nitrogens with one attached hydrogen (secondary N) is 1. The summed E-state index contributed by atoms with van der Waals surface area (Å²) in [4.78, 5) is 38.6. The highest BCUT2D eigenvalue weighted by Gasteiger charge is 2.41. The van der Waals surface area contributed by atoms with Crippen LogP contribution in [0.1, 0.15) is 37.6 Å². The molecule has 1 aliphatic carbocycles. The third-order valence-electron chi connectivity index (χ3n) is 7.21. The first-order chi connectivity index (χ1) is 17.4. The third kappa shape index (κ3) is 4.47. The molecule has 1 saturated heterocycles. The number of carboxylic acids is 1. The Morgan fingerprint density at radius 1 is 1.30 bits per heavy atom. The quantitative estimate of drug-likeness (QED) is 0.599. The van der Waals surface area contributed by atoms with Crippen LogP contribution >= 0.6 is 0 Å². The van der Waals surface area contributed by atoms with E-state index in [4.69, 9.17) is 9.47 Å². The van der Waals surface area contributed by atoms with Gasteiger partial charge >= 0.3 is 12.1 Å². The number of amides is 1. The molecule has 11 heteroatoms. The van der Waals surface area contributed by atoms with Gasteiger partial charge in [0.15, 0.2) is 18.3 Å². The minimum atomic E-state index is -1.37. The lowest BCUT2D eigenvalue weighted by atomic mass is 9.78. The largest absolute Gasteiger partial charge is 0.477 e. The summed E-state index contributed by atoms with van der Waals surface area (Å²) in [7, 11) is 1.69. The van der Waals surface area contributed by atoms with E-state index in [9.17, 15) is 19.5 Å². The maximum Gasteiger partial charge on any atom is 0.407 e. The van der Waals surface area contributed by atoms with Crippen molar-refractivity contribution in [3.63, 3.8) is 0 Å². The number of rotatable bonds is 4. The number of hydrogen-bond donors (Lipinski definition) is 2. The van der Waals surface area contributed by atoms with E-state index in [1.165, 1.54) is 6.20 Å². The molecule has 198 valence electrons. The van der Waals surface area contributed by atoms with E-state index in [2.05, 4.69) is 17.5 Å². The van der Waals surface area contributed by atoms with E-state index in [0.717, 1.165) is 12.5 Å². The van der Waals surface area contributed by atoms with Gasteiger partial charge in [-0.15, -0.1) is 0 Å². The predicted molar refractivity (Wildman–Crippen MR) is 135 cm³/mol. The van der Waals surface area contributed by atoms with Gasteiger partial charge in [0.25, 0.3) is 0 Å². The number of carboxylic acid groups (broad SMARTS) is 1. The molecule has 3 atom stereocenters. The Morgan fingerprint density at radius 2 is 2.05 bits per heavy atom. The van der Waals surface area contributed by atoms with Crippen molar-refractivity contribution >= 4 is 28.7 Å². The Kier molecular flexibility index (Phi) is 6.04. The fourth-order valence-corrected chi connectivity index (χ4v) is 5.58. The molecule has 1 fully saturated rings. The van der Waals surface area contributed by atoms with Crippen LogP contribution in [0.25, 0.3) is 10.9 Å². The summed E-state index contributed by atoms with van der Waals surface area (Å²) in [5.41, 5.74) is -1.17. The smallest absolute Gasteiger partial charge is 0.407 e. The number of anilines is 1. The number of ether oxygens (including phenoxy) is 2. The number of halogens is 1. The molecule has 1 amide bonds. The molecule has 3 heterocycles. The number of carbonyl (C=O) groups is 2. The van der Waals surface area contributed by atoms with Crippen molar-refractivity contribution < 1.29 is 28.6 Å². The Hall–Kier alpha value is -3.76. The number of hydrogen-bond acceptors (Lipinski definition) is 7. The maximum atomic E-state index is 15.6. The van der Waals surface area contributed by atoms with E-state index in [1.807, 2.05) is 25.7 Å². The van der Waals surface area contributed by atoms with Gasteiger partial charge in [-0.05, 0) is 51.0 Å². The first kappa shape index (κ1) is 24.9. The minimum Gasteiger partial charge on any atom is -0.477 e. The van der Waals surface area contributed by atoms with Gasteiger partial charge in [-0.3, -0.25) is 14.5 Å². The van der Waals surface area contributed by atoms with Crippen molar-refractivity contribution in [2.24, 2.45) is 17.8 Å². The van der Waals surface area contributed by atoms with Crippen molar-refractivity contribution in [1.29, 1.82) is 0 Å². The summed E-state index contributed by atoms with van der Waals surface area (Å²) in [5.74, 6) is -1.30. The Morgan fingerprint density at radius 3 is 2.76 bits per heavy atom. The number of aromatic carboxylic acids is 1. The maximum absolute atomic E-state index is 15.6. The Balaban J connectivity index is 1.47. The second-order valence-corrected chi connectivity index (χ2v) is 10.9. The summed E-state index contributed by atoms with van der Waals surface area (Å²) in [6, 6.07) is 1.11. The lowest BCUT2D eigenvalue weighted by Crippen LogP contribution is -2.40.